The highest BCUT2D eigenvalue weighted by atomic mass is 16.5. The second-order valence-electron chi connectivity index (χ2n) is 8.45. The Morgan fingerprint density at radius 1 is 1.25 bits per heavy atom. The van der Waals surface area contributed by atoms with Crippen molar-refractivity contribution in [3.05, 3.63) is 35.9 Å². The summed E-state index contributed by atoms with van der Waals surface area (Å²) in [5.74, 6) is -2.00. The zero-order chi connectivity index (χ0) is 21.1. The molecule has 1 aliphatic rings. The summed E-state index contributed by atoms with van der Waals surface area (Å²) in [6.45, 7) is 6.26. The Morgan fingerprint density at radius 3 is 2.32 bits per heavy atom. The number of rotatable bonds is 8. The van der Waals surface area contributed by atoms with Crippen LogP contribution in [-0.2, 0) is 25.5 Å². The molecule has 0 saturated heterocycles. The fourth-order valence-corrected chi connectivity index (χ4v) is 3.70. The number of aliphatic carboxylic acids is 1. The van der Waals surface area contributed by atoms with E-state index >= 15 is 0 Å². The number of hydrogen-bond acceptors (Lipinski definition) is 5. The van der Waals surface area contributed by atoms with E-state index in [1.807, 2.05) is 30.3 Å². The average molecular weight is 390 g/mol. The number of benzene rings is 1. The van der Waals surface area contributed by atoms with Crippen molar-refractivity contribution in [3.8, 4) is 0 Å². The largest absolute Gasteiger partial charge is 0.481 e. The molecule has 2 unspecified atom stereocenters. The molecule has 4 atom stereocenters. The first-order valence-corrected chi connectivity index (χ1v) is 9.47. The molecular formula is C21H30N2O5. The van der Waals surface area contributed by atoms with Crippen LogP contribution in [0.5, 0.6) is 0 Å². The number of esters is 1. The second-order valence-corrected chi connectivity index (χ2v) is 8.45. The van der Waals surface area contributed by atoms with Crippen molar-refractivity contribution >= 4 is 17.8 Å². The molecule has 0 aliphatic heterocycles. The average Bonchev–Trinajstić information content (AvgIpc) is 3.41. The van der Waals surface area contributed by atoms with Gasteiger partial charge in [0.2, 0.25) is 5.91 Å². The maximum atomic E-state index is 13.1. The number of carboxylic acids is 1. The van der Waals surface area contributed by atoms with Crippen molar-refractivity contribution in [2.45, 2.75) is 58.2 Å². The highest BCUT2D eigenvalue weighted by Gasteiger charge is 2.53. The lowest BCUT2D eigenvalue weighted by atomic mass is 9.89. The molecule has 1 fully saturated rings. The van der Waals surface area contributed by atoms with Crippen LogP contribution in [-0.4, -0.2) is 53.1 Å². The third-order valence-corrected chi connectivity index (χ3v) is 5.27. The number of hydrogen-bond donors (Lipinski definition) is 2. The van der Waals surface area contributed by atoms with Gasteiger partial charge < -0.3 is 20.5 Å². The van der Waals surface area contributed by atoms with Crippen molar-refractivity contribution in [1.29, 1.82) is 0 Å². The highest BCUT2D eigenvalue weighted by Crippen LogP contribution is 2.49. The number of amides is 1. The Labute approximate surface area is 165 Å². The van der Waals surface area contributed by atoms with Crippen LogP contribution in [0.25, 0.3) is 0 Å². The smallest absolute Gasteiger partial charge is 0.328 e. The monoisotopic (exact) mass is 390 g/mol. The minimum atomic E-state index is -1.21. The summed E-state index contributed by atoms with van der Waals surface area (Å²) in [6.07, 6.45) is 0.547. The number of nitrogens with zero attached hydrogens (tertiary/aromatic N) is 1. The van der Waals surface area contributed by atoms with Gasteiger partial charge in [0.1, 0.15) is 6.04 Å². The number of ether oxygens (including phenoxy) is 1. The van der Waals surface area contributed by atoms with Crippen LogP contribution in [0.15, 0.2) is 30.3 Å². The molecule has 1 aliphatic carbocycles. The van der Waals surface area contributed by atoms with Gasteiger partial charge in [-0.1, -0.05) is 51.1 Å². The Kier molecular flexibility index (Phi) is 6.82. The van der Waals surface area contributed by atoms with Gasteiger partial charge in [0, 0.05) is 12.5 Å². The molecule has 1 saturated carbocycles. The standard InChI is InChI=1S/C21H30N2O5/c1-21(2,3)14-11-16(14)23(19(26)15(22)12-18(24)25)17(20(27)28-4)10-13-8-6-5-7-9-13/h5-9,14-17H,10-12,22H2,1-4H3,(H,24,25)/t14?,15-,16?,17-/m0/s1. The Morgan fingerprint density at radius 2 is 1.86 bits per heavy atom. The maximum absolute atomic E-state index is 13.1. The molecule has 0 aromatic heterocycles. The molecule has 28 heavy (non-hydrogen) atoms. The Balaban J connectivity index is 2.37. The van der Waals surface area contributed by atoms with E-state index in [4.69, 9.17) is 15.6 Å². The highest BCUT2D eigenvalue weighted by molar-refractivity contribution is 5.90. The molecule has 1 aromatic carbocycles. The lowest BCUT2D eigenvalue weighted by molar-refractivity contribution is -0.155. The summed E-state index contributed by atoms with van der Waals surface area (Å²) in [7, 11) is 1.29. The topological polar surface area (TPSA) is 110 Å². The van der Waals surface area contributed by atoms with E-state index in [-0.39, 0.29) is 23.8 Å². The second kappa shape index (κ2) is 8.73. The van der Waals surface area contributed by atoms with E-state index in [9.17, 15) is 14.4 Å². The van der Waals surface area contributed by atoms with Gasteiger partial charge in [-0.05, 0) is 23.3 Å². The Bertz CT molecular complexity index is 713. The summed E-state index contributed by atoms with van der Waals surface area (Å²) in [4.78, 5) is 38.3. The van der Waals surface area contributed by atoms with Gasteiger partial charge in [-0.2, -0.15) is 0 Å². The molecule has 0 radical (unpaired) electrons. The number of carbonyl (C=O) groups excluding carboxylic acids is 2. The maximum Gasteiger partial charge on any atom is 0.328 e. The molecule has 7 heteroatoms. The molecule has 154 valence electrons. The summed E-state index contributed by atoms with van der Waals surface area (Å²) in [6, 6.07) is 7.13. The van der Waals surface area contributed by atoms with Gasteiger partial charge in [0.15, 0.2) is 0 Å². The summed E-state index contributed by atoms with van der Waals surface area (Å²) in [5.41, 5.74) is 6.72. The van der Waals surface area contributed by atoms with E-state index in [0.717, 1.165) is 12.0 Å². The predicted molar refractivity (Wildman–Crippen MR) is 104 cm³/mol. The van der Waals surface area contributed by atoms with Crippen molar-refractivity contribution in [2.75, 3.05) is 7.11 Å². The van der Waals surface area contributed by atoms with E-state index in [1.54, 1.807) is 0 Å². The van der Waals surface area contributed by atoms with Gasteiger partial charge in [-0.15, -0.1) is 0 Å². The SMILES string of the molecule is COC(=O)[C@H](Cc1ccccc1)N(C(=O)[C@@H](N)CC(=O)O)C1CC1C(C)(C)C. The third kappa shape index (κ3) is 5.32. The van der Waals surface area contributed by atoms with E-state index < -0.39 is 36.4 Å². The number of carboxylic acid groups (broad SMARTS) is 1. The van der Waals surface area contributed by atoms with Gasteiger partial charge >= 0.3 is 11.9 Å². The molecule has 2 rings (SSSR count). The first kappa shape index (κ1) is 21.9. The Hall–Kier alpha value is -2.41. The zero-order valence-corrected chi connectivity index (χ0v) is 16.9. The fourth-order valence-electron chi connectivity index (χ4n) is 3.70. The van der Waals surface area contributed by atoms with Gasteiger partial charge in [-0.3, -0.25) is 9.59 Å². The molecule has 3 N–H and O–H groups in total. The van der Waals surface area contributed by atoms with Crippen LogP contribution in [0, 0.1) is 11.3 Å². The molecular weight excluding hydrogens is 360 g/mol. The van der Waals surface area contributed by atoms with Crippen molar-refractivity contribution in [2.24, 2.45) is 17.1 Å². The summed E-state index contributed by atoms with van der Waals surface area (Å²) in [5, 5.41) is 9.04. The zero-order valence-electron chi connectivity index (χ0n) is 16.9. The molecule has 1 amide bonds. The molecule has 7 nitrogen and oxygen atoms in total. The first-order chi connectivity index (χ1) is 13.1. The minimum absolute atomic E-state index is 0.0481. The van der Waals surface area contributed by atoms with Gasteiger partial charge in [0.05, 0.1) is 19.6 Å². The first-order valence-electron chi connectivity index (χ1n) is 9.47. The number of methoxy groups -OCH3 is 1. The van der Waals surface area contributed by atoms with E-state index in [2.05, 4.69) is 20.8 Å². The van der Waals surface area contributed by atoms with Crippen molar-refractivity contribution < 1.29 is 24.2 Å². The third-order valence-electron chi connectivity index (χ3n) is 5.27. The van der Waals surface area contributed by atoms with Crippen LogP contribution in [0.2, 0.25) is 0 Å². The lowest BCUT2D eigenvalue weighted by Crippen LogP contribution is -2.54. The van der Waals surface area contributed by atoms with Crippen LogP contribution in [0.1, 0.15) is 39.2 Å². The quantitative estimate of drug-likeness (QED) is 0.656. The van der Waals surface area contributed by atoms with E-state index in [0.29, 0.717) is 0 Å². The van der Waals surface area contributed by atoms with Gasteiger partial charge in [-0.25, -0.2) is 4.79 Å². The molecule has 0 heterocycles. The number of carbonyl (C=O) groups is 3. The summed E-state index contributed by atoms with van der Waals surface area (Å²) >= 11 is 0. The molecule has 1 aromatic rings. The van der Waals surface area contributed by atoms with E-state index in [1.165, 1.54) is 12.0 Å². The minimum Gasteiger partial charge on any atom is -0.481 e. The molecule has 0 bridgehead atoms. The van der Waals surface area contributed by atoms with Gasteiger partial charge in [0.25, 0.3) is 0 Å². The lowest BCUT2D eigenvalue weighted by Gasteiger charge is -2.34. The van der Waals surface area contributed by atoms with Crippen LogP contribution < -0.4 is 5.73 Å². The fraction of sp³-hybridized carbons (Fsp3) is 0.571. The van der Waals surface area contributed by atoms with Crippen molar-refractivity contribution in [3.63, 3.8) is 0 Å². The predicted octanol–water partition coefficient (Wildman–Crippen LogP) is 1.84. The van der Waals surface area contributed by atoms with Crippen molar-refractivity contribution in [1.82, 2.24) is 4.90 Å². The molecule has 0 spiro atoms. The van der Waals surface area contributed by atoms with Crippen LogP contribution >= 0.6 is 0 Å². The van der Waals surface area contributed by atoms with Crippen LogP contribution in [0.4, 0.5) is 0 Å². The number of nitrogens with two attached hydrogens (primary N) is 1. The van der Waals surface area contributed by atoms with Crippen LogP contribution in [0.3, 0.4) is 0 Å². The summed E-state index contributed by atoms with van der Waals surface area (Å²) < 4.78 is 4.99. The normalized spacial score (nSPS) is 20.8.